The second kappa shape index (κ2) is 6.94. The molecule has 0 unspecified atom stereocenters. The SMILES string of the molecule is COCCCCn1nnc(C(=O)O)c1-c1ccc(F)cc1. The van der Waals surface area contributed by atoms with Gasteiger partial charge < -0.3 is 9.84 Å². The van der Waals surface area contributed by atoms with Crippen LogP contribution in [0.25, 0.3) is 11.3 Å². The lowest BCUT2D eigenvalue weighted by molar-refractivity contribution is 0.0691. The Labute approximate surface area is 121 Å². The third kappa shape index (κ3) is 3.63. The molecule has 0 spiro atoms. The minimum absolute atomic E-state index is 0.131. The molecule has 21 heavy (non-hydrogen) atoms. The van der Waals surface area contributed by atoms with Crippen LogP contribution in [0.15, 0.2) is 24.3 Å². The van der Waals surface area contributed by atoms with Crippen molar-refractivity contribution in [3.8, 4) is 11.3 Å². The van der Waals surface area contributed by atoms with Crippen molar-refractivity contribution >= 4 is 5.97 Å². The number of aromatic carboxylic acids is 1. The number of aromatic nitrogens is 3. The van der Waals surface area contributed by atoms with Crippen LogP contribution in [0.2, 0.25) is 0 Å². The van der Waals surface area contributed by atoms with Crippen molar-refractivity contribution in [2.75, 3.05) is 13.7 Å². The van der Waals surface area contributed by atoms with Gasteiger partial charge in [0.15, 0.2) is 5.69 Å². The zero-order valence-electron chi connectivity index (χ0n) is 11.6. The van der Waals surface area contributed by atoms with Crippen molar-refractivity contribution in [2.45, 2.75) is 19.4 Å². The highest BCUT2D eigenvalue weighted by atomic mass is 19.1. The fourth-order valence-corrected chi connectivity index (χ4v) is 2.02. The van der Waals surface area contributed by atoms with Crippen LogP contribution < -0.4 is 0 Å². The van der Waals surface area contributed by atoms with Crippen LogP contribution in [0.4, 0.5) is 4.39 Å². The number of ether oxygens (including phenoxy) is 1. The van der Waals surface area contributed by atoms with Gasteiger partial charge in [0.05, 0.1) is 0 Å². The smallest absolute Gasteiger partial charge is 0.358 e. The summed E-state index contributed by atoms with van der Waals surface area (Å²) in [4.78, 5) is 11.2. The molecule has 0 amide bonds. The van der Waals surface area contributed by atoms with E-state index in [-0.39, 0.29) is 11.5 Å². The molecule has 1 N–H and O–H groups in total. The zero-order chi connectivity index (χ0) is 15.2. The number of methoxy groups -OCH3 is 1. The lowest BCUT2D eigenvalue weighted by Gasteiger charge is -2.07. The molecule has 7 heteroatoms. The summed E-state index contributed by atoms with van der Waals surface area (Å²) in [5.74, 6) is -1.53. The van der Waals surface area contributed by atoms with Crippen molar-refractivity contribution in [2.24, 2.45) is 0 Å². The molecule has 2 rings (SSSR count). The van der Waals surface area contributed by atoms with E-state index in [0.717, 1.165) is 12.8 Å². The second-order valence-corrected chi connectivity index (χ2v) is 4.52. The Balaban J connectivity index is 2.29. The van der Waals surface area contributed by atoms with Crippen molar-refractivity contribution in [3.63, 3.8) is 0 Å². The molecule has 0 saturated heterocycles. The zero-order valence-corrected chi connectivity index (χ0v) is 11.6. The Kier molecular flexibility index (Phi) is 4.99. The lowest BCUT2D eigenvalue weighted by Crippen LogP contribution is -2.06. The standard InChI is InChI=1S/C14H16FN3O3/c1-21-9-3-2-8-18-13(12(14(19)20)16-17-18)10-4-6-11(15)7-5-10/h4-7H,2-3,8-9H2,1H3,(H,19,20). The number of rotatable bonds is 7. The molecule has 0 radical (unpaired) electrons. The summed E-state index contributed by atoms with van der Waals surface area (Å²) in [5.41, 5.74) is 0.832. The van der Waals surface area contributed by atoms with Gasteiger partial charge in [0.2, 0.25) is 0 Å². The number of carbonyl (C=O) groups is 1. The summed E-state index contributed by atoms with van der Waals surface area (Å²) in [6.45, 7) is 1.16. The average molecular weight is 293 g/mol. The first-order valence-corrected chi connectivity index (χ1v) is 6.55. The molecule has 0 aliphatic carbocycles. The van der Waals surface area contributed by atoms with Crippen molar-refractivity contribution < 1.29 is 19.0 Å². The van der Waals surface area contributed by atoms with E-state index in [4.69, 9.17) is 4.74 Å². The molecule has 6 nitrogen and oxygen atoms in total. The number of nitrogens with zero attached hydrogens (tertiary/aromatic N) is 3. The van der Waals surface area contributed by atoms with Crippen LogP contribution in [0, 0.1) is 5.82 Å². The number of hydrogen-bond donors (Lipinski definition) is 1. The molecule has 0 aliphatic rings. The molecular weight excluding hydrogens is 277 g/mol. The van der Waals surface area contributed by atoms with Gasteiger partial charge in [-0.25, -0.2) is 13.9 Å². The molecular formula is C14H16FN3O3. The van der Waals surface area contributed by atoms with Crippen molar-refractivity contribution in [1.82, 2.24) is 15.0 Å². The lowest BCUT2D eigenvalue weighted by atomic mass is 10.1. The van der Waals surface area contributed by atoms with Crippen LogP contribution in [0.3, 0.4) is 0 Å². The van der Waals surface area contributed by atoms with Gasteiger partial charge in [0, 0.05) is 25.8 Å². The normalized spacial score (nSPS) is 10.8. The molecule has 0 bridgehead atoms. The summed E-state index contributed by atoms with van der Waals surface area (Å²) in [7, 11) is 1.63. The van der Waals surface area contributed by atoms with Crippen LogP contribution in [0.1, 0.15) is 23.3 Å². The maximum absolute atomic E-state index is 13.0. The summed E-state index contributed by atoms with van der Waals surface area (Å²) >= 11 is 0. The number of aryl methyl sites for hydroxylation is 1. The largest absolute Gasteiger partial charge is 0.476 e. The van der Waals surface area contributed by atoms with E-state index >= 15 is 0 Å². The summed E-state index contributed by atoms with van der Waals surface area (Å²) in [6, 6.07) is 5.60. The minimum Gasteiger partial charge on any atom is -0.476 e. The quantitative estimate of drug-likeness (QED) is 0.792. The van der Waals surface area contributed by atoms with Crippen LogP contribution in [-0.2, 0) is 11.3 Å². The van der Waals surface area contributed by atoms with Gasteiger partial charge in [-0.15, -0.1) is 5.10 Å². The maximum Gasteiger partial charge on any atom is 0.358 e. The van der Waals surface area contributed by atoms with E-state index in [0.29, 0.717) is 24.4 Å². The van der Waals surface area contributed by atoms with E-state index < -0.39 is 5.97 Å². The predicted octanol–water partition coefficient (Wildman–Crippen LogP) is 2.21. The third-order valence-corrected chi connectivity index (χ3v) is 3.02. The van der Waals surface area contributed by atoms with E-state index in [9.17, 15) is 14.3 Å². The first kappa shape index (κ1) is 15.1. The third-order valence-electron chi connectivity index (χ3n) is 3.02. The van der Waals surface area contributed by atoms with Crippen LogP contribution in [-0.4, -0.2) is 39.8 Å². The topological polar surface area (TPSA) is 77.2 Å². The van der Waals surface area contributed by atoms with E-state index in [2.05, 4.69) is 10.3 Å². The van der Waals surface area contributed by atoms with Gasteiger partial charge in [-0.1, -0.05) is 5.21 Å². The van der Waals surface area contributed by atoms with Gasteiger partial charge in [0.1, 0.15) is 11.5 Å². The first-order chi connectivity index (χ1) is 10.1. The molecule has 1 aromatic heterocycles. The van der Waals surface area contributed by atoms with Gasteiger partial charge in [-0.05, 0) is 37.1 Å². The predicted molar refractivity (Wildman–Crippen MR) is 73.5 cm³/mol. The molecule has 1 heterocycles. The van der Waals surface area contributed by atoms with Crippen LogP contribution >= 0.6 is 0 Å². The van der Waals surface area contributed by atoms with Gasteiger partial charge in [-0.3, -0.25) is 0 Å². The van der Waals surface area contributed by atoms with Crippen molar-refractivity contribution in [1.29, 1.82) is 0 Å². The Hall–Kier alpha value is -2.28. The molecule has 0 fully saturated rings. The molecule has 0 saturated carbocycles. The van der Waals surface area contributed by atoms with Gasteiger partial charge in [0.25, 0.3) is 0 Å². The number of carboxylic acid groups (broad SMARTS) is 1. The fraction of sp³-hybridized carbons (Fsp3) is 0.357. The van der Waals surface area contributed by atoms with Gasteiger partial charge in [-0.2, -0.15) is 0 Å². The molecule has 0 aliphatic heterocycles. The number of hydrogen-bond acceptors (Lipinski definition) is 4. The Morgan fingerprint density at radius 2 is 2.05 bits per heavy atom. The molecule has 1 aromatic carbocycles. The summed E-state index contributed by atoms with van der Waals surface area (Å²) < 4.78 is 19.5. The highest BCUT2D eigenvalue weighted by Crippen LogP contribution is 2.23. The van der Waals surface area contributed by atoms with Gasteiger partial charge >= 0.3 is 5.97 Å². The molecule has 112 valence electrons. The minimum atomic E-state index is -1.16. The van der Waals surface area contributed by atoms with E-state index in [1.807, 2.05) is 0 Å². The number of benzene rings is 1. The molecule has 2 aromatic rings. The average Bonchev–Trinajstić information content (AvgIpc) is 2.88. The van der Waals surface area contributed by atoms with E-state index in [1.165, 1.54) is 28.9 Å². The Morgan fingerprint density at radius 3 is 2.67 bits per heavy atom. The first-order valence-electron chi connectivity index (χ1n) is 6.55. The number of unbranched alkanes of at least 4 members (excludes halogenated alkanes) is 1. The Morgan fingerprint density at radius 1 is 1.33 bits per heavy atom. The maximum atomic E-state index is 13.0. The number of halogens is 1. The van der Waals surface area contributed by atoms with E-state index in [1.54, 1.807) is 7.11 Å². The second-order valence-electron chi connectivity index (χ2n) is 4.52. The fourth-order valence-electron chi connectivity index (χ4n) is 2.02. The highest BCUT2D eigenvalue weighted by Gasteiger charge is 2.20. The summed E-state index contributed by atoms with van der Waals surface area (Å²) in [6.07, 6.45) is 1.62. The summed E-state index contributed by atoms with van der Waals surface area (Å²) in [5, 5.41) is 16.8. The monoisotopic (exact) mass is 293 g/mol. The highest BCUT2D eigenvalue weighted by molar-refractivity contribution is 5.92. The van der Waals surface area contributed by atoms with Crippen molar-refractivity contribution in [3.05, 3.63) is 35.8 Å². The number of carboxylic acids is 1. The molecule has 0 atom stereocenters. The van der Waals surface area contributed by atoms with Crippen LogP contribution in [0.5, 0.6) is 0 Å². The Bertz CT molecular complexity index is 610.